The lowest BCUT2D eigenvalue weighted by atomic mass is 9.50. The number of rotatable bonds is 3. The van der Waals surface area contributed by atoms with Crippen molar-refractivity contribution in [3.05, 3.63) is 24.0 Å². The number of hydrogen-bond acceptors (Lipinski definition) is 2. The van der Waals surface area contributed by atoms with Crippen molar-refractivity contribution in [1.82, 2.24) is 0 Å². The Morgan fingerprint density at radius 3 is 3.00 bits per heavy atom. The first-order valence-electron chi connectivity index (χ1n) is 7.94. The number of ether oxygens (including phenoxy) is 1. The van der Waals surface area contributed by atoms with Crippen LogP contribution in [0.15, 0.2) is 24.0 Å². The summed E-state index contributed by atoms with van der Waals surface area (Å²) in [5.41, 5.74) is 6.44. The summed E-state index contributed by atoms with van der Waals surface area (Å²) in [6, 6.07) is 0. The lowest BCUT2D eigenvalue weighted by Gasteiger charge is -2.55. The van der Waals surface area contributed by atoms with E-state index in [1.54, 1.807) is 7.11 Å². The van der Waals surface area contributed by atoms with E-state index in [2.05, 4.69) is 18.2 Å². The monoisotopic (exact) mass is 261 g/mol. The molecule has 0 aliphatic heterocycles. The van der Waals surface area contributed by atoms with Crippen molar-refractivity contribution >= 4 is 0 Å². The summed E-state index contributed by atoms with van der Waals surface area (Å²) < 4.78 is 5.49. The molecule has 0 aromatic heterocycles. The van der Waals surface area contributed by atoms with Crippen molar-refractivity contribution in [2.24, 2.45) is 28.9 Å². The van der Waals surface area contributed by atoms with Crippen LogP contribution < -0.4 is 5.73 Å². The van der Waals surface area contributed by atoms with Crippen LogP contribution in [0, 0.1) is 23.2 Å². The molecule has 4 unspecified atom stereocenters. The Balaban J connectivity index is 1.95. The molecule has 3 aliphatic rings. The summed E-state index contributed by atoms with van der Waals surface area (Å²) in [6.45, 7) is 0.833. The molecule has 0 bridgehead atoms. The highest BCUT2D eigenvalue weighted by molar-refractivity contribution is 5.25. The molecule has 0 radical (unpaired) electrons. The maximum absolute atomic E-state index is 5.98. The maximum atomic E-state index is 5.98. The molecule has 0 saturated heterocycles. The number of allylic oxidation sites excluding steroid dienone is 3. The Morgan fingerprint density at radius 2 is 2.21 bits per heavy atom. The summed E-state index contributed by atoms with van der Waals surface area (Å²) in [5.74, 6) is 3.34. The molecule has 3 aliphatic carbocycles. The molecule has 0 amide bonds. The largest absolute Gasteiger partial charge is 0.497 e. The second kappa shape index (κ2) is 5.32. The van der Waals surface area contributed by atoms with Crippen LogP contribution in [0.3, 0.4) is 0 Å². The van der Waals surface area contributed by atoms with E-state index < -0.39 is 0 Å². The van der Waals surface area contributed by atoms with Crippen LogP contribution in [-0.4, -0.2) is 13.7 Å². The zero-order chi connectivity index (χ0) is 13.3. The maximum Gasteiger partial charge on any atom is 0.114 e. The molecule has 0 spiro atoms. The van der Waals surface area contributed by atoms with Crippen molar-refractivity contribution in [2.75, 3.05) is 13.7 Å². The normalized spacial score (nSPS) is 41.2. The standard InChI is InChI=1S/C17H27NO/c1-19-15-8-6-13-5-7-14-4-2-3-9-17(14,10-11-18)16(13)12-15/h6,8,12-14,16H,2-5,7,9-11,18H2,1H3. The molecule has 2 nitrogen and oxygen atoms in total. The third-order valence-electron chi connectivity index (χ3n) is 5.93. The van der Waals surface area contributed by atoms with Crippen LogP contribution in [-0.2, 0) is 4.74 Å². The van der Waals surface area contributed by atoms with Crippen LogP contribution in [0.4, 0.5) is 0 Å². The summed E-state index contributed by atoms with van der Waals surface area (Å²) in [4.78, 5) is 0. The molecule has 106 valence electrons. The van der Waals surface area contributed by atoms with E-state index in [1.165, 1.54) is 44.9 Å². The van der Waals surface area contributed by atoms with Gasteiger partial charge >= 0.3 is 0 Å². The highest BCUT2D eigenvalue weighted by atomic mass is 16.5. The number of nitrogens with two attached hydrogens (primary N) is 1. The van der Waals surface area contributed by atoms with Crippen LogP contribution in [0.1, 0.15) is 44.9 Å². The third-order valence-corrected chi connectivity index (χ3v) is 5.93. The Bertz CT molecular complexity index is 383. The molecular formula is C17H27NO. The SMILES string of the molecule is COC1=CC2C(C=C1)CCC1CCCCC12CCN. The minimum absolute atomic E-state index is 0.463. The molecule has 0 aromatic carbocycles. The van der Waals surface area contributed by atoms with E-state index in [0.717, 1.165) is 24.1 Å². The fourth-order valence-electron chi connectivity index (χ4n) is 5.06. The average molecular weight is 261 g/mol. The molecule has 3 rings (SSSR count). The van der Waals surface area contributed by atoms with Gasteiger partial charge in [0.15, 0.2) is 0 Å². The topological polar surface area (TPSA) is 35.2 Å². The summed E-state index contributed by atoms with van der Waals surface area (Å²) in [7, 11) is 1.79. The Hall–Kier alpha value is -0.760. The second-order valence-electron chi connectivity index (χ2n) is 6.61. The summed E-state index contributed by atoms with van der Waals surface area (Å²) >= 11 is 0. The van der Waals surface area contributed by atoms with Crippen molar-refractivity contribution in [2.45, 2.75) is 44.9 Å². The van der Waals surface area contributed by atoms with Crippen molar-refractivity contribution in [3.63, 3.8) is 0 Å². The first-order valence-corrected chi connectivity index (χ1v) is 7.94. The molecule has 4 atom stereocenters. The Morgan fingerprint density at radius 1 is 1.32 bits per heavy atom. The minimum Gasteiger partial charge on any atom is -0.497 e. The van der Waals surface area contributed by atoms with Gasteiger partial charge in [-0.1, -0.05) is 18.9 Å². The van der Waals surface area contributed by atoms with Crippen molar-refractivity contribution in [1.29, 1.82) is 0 Å². The van der Waals surface area contributed by atoms with Gasteiger partial charge in [0.25, 0.3) is 0 Å². The zero-order valence-corrected chi connectivity index (χ0v) is 12.1. The van der Waals surface area contributed by atoms with Gasteiger partial charge in [0.05, 0.1) is 7.11 Å². The van der Waals surface area contributed by atoms with Gasteiger partial charge in [-0.05, 0) is 74.0 Å². The van der Waals surface area contributed by atoms with Crippen LogP contribution >= 0.6 is 0 Å². The summed E-state index contributed by atoms with van der Waals surface area (Å²) in [6.07, 6.45) is 16.5. The smallest absolute Gasteiger partial charge is 0.114 e. The first kappa shape index (κ1) is 13.2. The van der Waals surface area contributed by atoms with Gasteiger partial charge in [-0.2, -0.15) is 0 Å². The van der Waals surface area contributed by atoms with E-state index in [9.17, 15) is 0 Å². The predicted molar refractivity (Wildman–Crippen MR) is 78.5 cm³/mol. The lowest BCUT2D eigenvalue weighted by Crippen LogP contribution is -2.48. The lowest BCUT2D eigenvalue weighted by molar-refractivity contribution is -0.0225. The van der Waals surface area contributed by atoms with E-state index in [1.807, 2.05) is 0 Å². The molecule has 2 heteroatoms. The minimum atomic E-state index is 0.463. The predicted octanol–water partition coefficient (Wildman–Crippen LogP) is 3.64. The second-order valence-corrected chi connectivity index (χ2v) is 6.61. The fourth-order valence-corrected chi connectivity index (χ4v) is 5.06. The molecule has 19 heavy (non-hydrogen) atoms. The fraction of sp³-hybridized carbons (Fsp3) is 0.765. The molecule has 2 saturated carbocycles. The number of methoxy groups -OCH3 is 1. The summed E-state index contributed by atoms with van der Waals surface area (Å²) in [5, 5.41) is 0. The third kappa shape index (κ3) is 2.14. The van der Waals surface area contributed by atoms with Crippen molar-refractivity contribution in [3.8, 4) is 0 Å². The molecule has 0 heterocycles. The molecule has 2 fully saturated rings. The van der Waals surface area contributed by atoms with Gasteiger partial charge < -0.3 is 10.5 Å². The van der Waals surface area contributed by atoms with Gasteiger partial charge in [-0.3, -0.25) is 0 Å². The molecular weight excluding hydrogens is 234 g/mol. The van der Waals surface area contributed by atoms with Gasteiger partial charge in [0.1, 0.15) is 5.76 Å². The van der Waals surface area contributed by atoms with Crippen LogP contribution in [0.5, 0.6) is 0 Å². The zero-order valence-electron chi connectivity index (χ0n) is 12.1. The Labute approximate surface area is 117 Å². The van der Waals surface area contributed by atoms with E-state index in [4.69, 9.17) is 10.5 Å². The van der Waals surface area contributed by atoms with Gasteiger partial charge in [0.2, 0.25) is 0 Å². The molecule has 0 aromatic rings. The van der Waals surface area contributed by atoms with Gasteiger partial charge in [0, 0.05) is 0 Å². The van der Waals surface area contributed by atoms with E-state index in [0.29, 0.717) is 11.3 Å². The highest BCUT2D eigenvalue weighted by Gasteiger charge is 2.50. The quantitative estimate of drug-likeness (QED) is 0.842. The van der Waals surface area contributed by atoms with Crippen LogP contribution in [0.2, 0.25) is 0 Å². The molecule has 2 N–H and O–H groups in total. The van der Waals surface area contributed by atoms with Crippen LogP contribution in [0.25, 0.3) is 0 Å². The number of fused-ring (bicyclic) bond motifs is 3. The van der Waals surface area contributed by atoms with Gasteiger partial charge in [-0.25, -0.2) is 0 Å². The van der Waals surface area contributed by atoms with E-state index in [-0.39, 0.29) is 0 Å². The number of hydrogen-bond donors (Lipinski definition) is 1. The van der Waals surface area contributed by atoms with Gasteiger partial charge in [-0.15, -0.1) is 0 Å². The highest BCUT2D eigenvalue weighted by Crippen LogP contribution is 2.58. The first-order chi connectivity index (χ1) is 9.30. The Kier molecular flexibility index (Phi) is 3.70. The average Bonchev–Trinajstić information content (AvgIpc) is 2.47. The van der Waals surface area contributed by atoms with E-state index >= 15 is 0 Å². The van der Waals surface area contributed by atoms with Crippen molar-refractivity contribution < 1.29 is 4.74 Å².